The van der Waals surface area contributed by atoms with E-state index in [1.807, 2.05) is 6.56 Å². The van der Waals surface area contributed by atoms with Gasteiger partial charge in [0.2, 0.25) is 0 Å². The van der Waals surface area contributed by atoms with Gasteiger partial charge in [0.15, 0.2) is 0 Å². The van der Waals surface area contributed by atoms with Crippen molar-refractivity contribution in [3.8, 4) is 0 Å². The second-order valence-electron chi connectivity index (χ2n) is 7.75. The number of halogens is 2. The van der Waals surface area contributed by atoms with Gasteiger partial charge in [0.25, 0.3) is 0 Å². The monoisotopic (exact) mass is 496 g/mol. The summed E-state index contributed by atoms with van der Waals surface area (Å²) in [4.78, 5) is 0. The summed E-state index contributed by atoms with van der Waals surface area (Å²) in [6.45, 7) is 16.9. The minimum Gasteiger partial charge on any atom is -0.147 e. The second-order valence-corrected chi connectivity index (χ2v) is 22.6. The third kappa shape index (κ3) is 4.72. The molecule has 4 heteroatoms. The van der Waals surface area contributed by atoms with Gasteiger partial charge >= 0.3 is 162 Å². The largest absolute Gasteiger partial charge is 0.147 e. The zero-order chi connectivity index (χ0) is 18.3. The molecule has 0 spiro atoms. The minimum absolute atomic E-state index is 0. The molecule has 0 saturated carbocycles. The Morgan fingerprint density at radius 2 is 1.48 bits per heavy atom. The fraction of sp³-hybridized carbons (Fsp3) is 0.391. The number of hydrogen-bond acceptors (Lipinski definition) is 0. The molecule has 0 aliphatic heterocycles. The van der Waals surface area contributed by atoms with Crippen LogP contribution in [0.5, 0.6) is 0 Å². The normalized spacial score (nSPS) is 22.8. The van der Waals surface area contributed by atoms with Crippen LogP contribution < -0.4 is 5.19 Å². The molecule has 0 heterocycles. The van der Waals surface area contributed by atoms with Crippen molar-refractivity contribution in [1.82, 2.24) is 0 Å². The minimum atomic E-state index is -1.96. The SMILES string of the molecule is CC1=CC(C)[C](/[Zr]([C]2=C(C)C=C(C)C2C)=[Si](\C)c2ccccc2)=C1C.Cl.Cl. The topological polar surface area (TPSA) is 0 Å². The van der Waals surface area contributed by atoms with Gasteiger partial charge in [-0.2, -0.15) is 0 Å². The van der Waals surface area contributed by atoms with Crippen molar-refractivity contribution in [2.24, 2.45) is 11.8 Å². The average Bonchev–Trinajstić information content (AvgIpc) is 2.98. The van der Waals surface area contributed by atoms with Crippen molar-refractivity contribution in [3.05, 3.63) is 71.3 Å². The van der Waals surface area contributed by atoms with Crippen molar-refractivity contribution >= 4 is 35.4 Å². The van der Waals surface area contributed by atoms with Crippen LogP contribution >= 0.6 is 24.8 Å². The fourth-order valence-electron chi connectivity index (χ4n) is 4.46. The van der Waals surface area contributed by atoms with Gasteiger partial charge in [0.1, 0.15) is 0 Å². The third-order valence-corrected chi connectivity index (χ3v) is 25.6. The summed E-state index contributed by atoms with van der Waals surface area (Å²) >= 11 is -1.96. The molecule has 0 nitrogen and oxygen atoms in total. The molecule has 0 radical (unpaired) electrons. The van der Waals surface area contributed by atoms with Gasteiger partial charge < -0.3 is 0 Å². The Labute approximate surface area is 185 Å². The van der Waals surface area contributed by atoms with E-state index in [1.165, 1.54) is 5.57 Å². The van der Waals surface area contributed by atoms with Crippen LogP contribution in [0.3, 0.4) is 0 Å². The molecular weight excluding hydrogens is 466 g/mol. The third-order valence-electron chi connectivity index (χ3n) is 6.06. The zero-order valence-corrected chi connectivity index (χ0v) is 22.6. The molecule has 2 aliphatic carbocycles. The van der Waals surface area contributed by atoms with Crippen LogP contribution in [0.15, 0.2) is 71.3 Å². The first-order valence-electron chi connectivity index (χ1n) is 9.38. The molecule has 27 heavy (non-hydrogen) atoms. The van der Waals surface area contributed by atoms with Gasteiger partial charge in [-0.15, -0.1) is 24.8 Å². The number of rotatable bonds is 3. The van der Waals surface area contributed by atoms with Crippen molar-refractivity contribution in [2.75, 3.05) is 0 Å². The van der Waals surface area contributed by atoms with Crippen molar-refractivity contribution < 1.29 is 20.4 Å². The summed E-state index contributed by atoms with van der Waals surface area (Å²) in [5.41, 5.74) is 5.78. The predicted octanol–water partition coefficient (Wildman–Crippen LogP) is 6.72. The molecule has 3 rings (SSSR count). The molecule has 0 saturated heterocycles. The summed E-state index contributed by atoms with van der Waals surface area (Å²) in [6.07, 6.45) is 4.98. The summed E-state index contributed by atoms with van der Waals surface area (Å²) in [5, 5.41) is 1.64. The second kappa shape index (κ2) is 10.1. The van der Waals surface area contributed by atoms with E-state index in [-0.39, 0.29) is 24.8 Å². The summed E-state index contributed by atoms with van der Waals surface area (Å²) < 4.78 is 3.76. The van der Waals surface area contributed by atoms with Gasteiger partial charge in [-0.25, -0.2) is 0 Å². The summed E-state index contributed by atoms with van der Waals surface area (Å²) in [6, 6.07) is 11.4. The van der Waals surface area contributed by atoms with Crippen LogP contribution in [0.25, 0.3) is 0 Å². The first-order chi connectivity index (χ1) is 11.8. The predicted molar refractivity (Wildman–Crippen MR) is 123 cm³/mol. The van der Waals surface area contributed by atoms with Crippen LogP contribution in [0, 0.1) is 11.8 Å². The maximum absolute atomic E-state index is 2.61. The number of allylic oxidation sites excluding steroid dienone is 8. The zero-order valence-electron chi connectivity index (χ0n) is 17.5. The molecule has 1 aromatic rings. The van der Waals surface area contributed by atoms with Crippen molar-refractivity contribution in [2.45, 2.75) is 48.1 Å². The van der Waals surface area contributed by atoms with Crippen molar-refractivity contribution in [1.29, 1.82) is 0 Å². The van der Waals surface area contributed by atoms with E-state index in [4.69, 9.17) is 0 Å². The maximum Gasteiger partial charge on any atom is -0.147 e. The standard InChI is InChI=1S/2C8H11.C7H8Si.2ClH.Zr/c2*1-6-4-7(2)8(3)5-6;1-8-7-5-3-2-4-6-7;;;/h4,8H,1-3H3;4,6H,1-3H3;2-6H,1H3;2*1H;. The van der Waals surface area contributed by atoms with Crippen LogP contribution in [0.2, 0.25) is 6.55 Å². The van der Waals surface area contributed by atoms with Gasteiger partial charge in [-0.3, -0.25) is 0 Å². The van der Waals surface area contributed by atoms with E-state index >= 15 is 0 Å². The summed E-state index contributed by atoms with van der Waals surface area (Å²) in [7, 11) is 0. The molecule has 146 valence electrons. The average molecular weight is 499 g/mol. The van der Waals surface area contributed by atoms with E-state index in [0.717, 1.165) is 0 Å². The molecule has 0 N–H and O–H groups in total. The Hall–Kier alpha value is -0.140. The summed E-state index contributed by atoms with van der Waals surface area (Å²) in [5.74, 6) is 1.30. The van der Waals surface area contributed by atoms with Gasteiger partial charge in [0, 0.05) is 0 Å². The first-order valence-corrected chi connectivity index (χ1v) is 17.5. The Morgan fingerprint density at radius 1 is 0.889 bits per heavy atom. The molecule has 1 aromatic carbocycles. The quantitative estimate of drug-likeness (QED) is 0.406. The van der Waals surface area contributed by atoms with Crippen LogP contribution in [-0.4, -0.2) is 5.43 Å². The Kier molecular flexibility index (Phi) is 9.28. The van der Waals surface area contributed by atoms with E-state index in [9.17, 15) is 0 Å². The first kappa shape index (κ1) is 24.9. The Bertz CT molecular complexity index is 873. The Balaban J connectivity index is 0.00000182. The van der Waals surface area contributed by atoms with Gasteiger partial charge in [-0.1, -0.05) is 0 Å². The molecule has 0 amide bonds. The molecular formula is C23H32Cl2SiZr. The van der Waals surface area contributed by atoms with Gasteiger partial charge in [0.05, 0.1) is 0 Å². The maximum atomic E-state index is 2.61. The van der Waals surface area contributed by atoms with Crippen LogP contribution in [0.4, 0.5) is 0 Å². The molecule has 0 bridgehead atoms. The Morgan fingerprint density at radius 3 is 1.93 bits per heavy atom. The van der Waals surface area contributed by atoms with Gasteiger partial charge in [-0.05, 0) is 0 Å². The number of benzene rings is 1. The number of hydrogen-bond donors (Lipinski definition) is 0. The molecule has 0 aromatic heterocycles. The van der Waals surface area contributed by atoms with Crippen molar-refractivity contribution in [3.63, 3.8) is 0 Å². The van der Waals surface area contributed by atoms with E-state index < -0.39 is 25.8 Å². The molecule has 2 unspecified atom stereocenters. The molecule has 2 aliphatic rings. The van der Waals surface area contributed by atoms with Crippen LogP contribution in [0.1, 0.15) is 41.5 Å². The molecule has 2 atom stereocenters. The van der Waals surface area contributed by atoms with E-state index in [0.29, 0.717) is 11.8 Å². The smallest absolute Gasteiger partial charge is 0.147 e. The van der Waals surface area contributed by atoms with Crippen LogP contribution in [-0.2, 0) is 20.4 Å². The van der Waals surface area contributed by atoms with E-state index in [2.05, 4.69) is 90.6 Å². The molecule has 0 fully saturated rings. The van der Waals surface area contributed by atoms with E-state index in [1.54, 1.807) is 21.9 Å². The fourth-order valence-corrected chi connectivity index (χ4v) is 26.7.